The van der Waals surface area contributed by atoms with Gasteiger partial charge in [0, 0.05) is 23.2 Å². The molecule has 0 aliphatic rings. The number of halogens is 1. The van der Waals surface area contributed by atoms with E-state index in [0.29, 0.717) is 28.8 Å². The molecule has 1 heterocycles. The summed E-state index contributed by atoms with van der Waals surface area (Å²) < 4.78 is 11.7. The van der Waals surface area contributed by atoms with Crippen LogP contribution in [0.4, 0.5) is 0 Å². The molecule has 0 radical (unpaired) electrons. The number of benzene rings is 2. The molecule has 1 amide bonds. The number of nitrogens with zero attached hydrogens (tertiary/aromatic N) is 2. The molecule has 0 aliphatic heterocycles. The number of carbonyl (C=O) groups is 1. The van der Waals surface area contributed by atoms with Gasteiger partial charge in [-0.25, -0.2) is 4.68 Å². The van der Waals surface area contributed by atoms with Crippen molar-refractivity contribution in [2.75, 3.05) is 14.2 Å². The van der Waals surface area contributed by atoms with E-state index < -0.39 is 0 Å². The summed E-state index contributed by atoms with van der Waals surface area (Å²) >= 11 is 5.94. The summed E-state index contributed by atoms with van der Waals surface area (Å²) in [4.78, 5) is 24.4. The first-order chi connectivity index (χ1) is 14.0. The molecule has 150 valence electrons. The zero-order valence-corrected chi connectivity index (χ0v) is 16.8. The van der Waals surface area contributed by atoms with E-state index >= 15 is 0 Å². The highest BCUT2D eigenvalue weighted by Gasteiger charge is 2.11. The number of rotatable bonds is 7. The van der Waals surface area contributed by atoms with Crippen molar-refractivity contribution in [2.45, 2.75) is 13.1 Å². The SMILES string of the molecule is COc1ccc(-c2ccc(=O)n(CC(=O)NCc3cccc(Cl)c3)n2)cc1OC. The molecule has 0 saturated heterocycles. The fourth-order valence-electron chi connectivity index (χ4n) is 2.75. The second-order valence-corrected chi connectivity index (χ2v) is 6.63. The Balaban J connectivity index is 1.75. The third kappa shape index (κ3) is 5.14. The van der Waals surface area contributed by atoms with Gasteiger partial charge in [-0.05, 0) is 42.0 Å². The first-order valence-electron chi connectivity index (χ1n) is 8.82. The Hall–Kier alpha value is -3.32. The second-order valence-electron chi connectivity index (χ2n) is 6.19. The molecule has 1 N–H and O–H groups in total. The highest BCUT2D eigenvalue weighted by atomic mass is 35.5. The van der Waals surface area contributed by atoms with E-state index in [1.807, 2.05) is 12.1 Å². The average Bonchev–Trinajstić information content (AvgIpc) is 2.73. The number of hydrogen-bond donors (Lipinski definition) is 1. The van der Waals surface area contributed by atoms with E-state index in [4.69, 9.17) is 21.1 Å². The smallest absolute Gasteiger partial charge is 0.267 e. The van der Waals surface area contributed by atoms with Crippen LogP contribution in [0.5, 0.6) is 11.5 Å². The first kappa shape index (κ1) is 20.4. The predicted octanol–water partition coefficient (Wildman–Crippen LogP) is 2.90. The molecule has 2 aromatic carbocycles. The van der Waals surface area contributed by atoms with E-state index in [1.54, 1.807) is 50.6 Å². The maximum atomic E-state index is 12.3. The van der Waals surface area contributed by atoms with Gasteiger partial charge < -0.3 is 14.8 Å². The maximum Gasteiger partial charge on any atom is 0.267 e. The molecule has 0 atom stereocenters. The van der Waals surface area contributed by atoms with Gasteiger partial charge in [0.15, 0.2) is 11.5 Å². The van der Waals surface area contributed by atoms with E-state index in [-0.39, 0.29) is 18.0 Å². The summed E-state index contributed by atoms with van der Waals surface area (Å²) in [6.07, 6.45) is 0. The van der Waals surface area contributed by atoms with E-state index in [0.717, 1.165) is 15.8 Å². The predicted molar refractivity (Wildman–Crippen MR) is 110 cm³/mol. The Morgan fingerprint density at radius 2 is 1.86 bits per heavy atom. The van der Waals surface area contributed by atoms with E-state index in [1.165, 1.54) is 6.07 Å². The molecule has 1 aromatic heterocycles. The lowest BCUT2D eigenvalue weighted by Gasteiger charge is -2.11. The number of aromatic nitrogens is 2. The van der Waals surface area contributed by atoms with Crippen molar-refractivity contribution in [3.05, 3.63) is 75.5 Å². The maximum absolute atomic E-state index is 12.3. The number of hydrogen-bond acceptors (Lipinski definition) is 5. The summed E-state index contributed by atoms with van der Waals surface area (Å²) in [5, 5.41) is 7.66. The minimum Gasteiger partial charge on any atom is -0.493 e. The van der Waals surface area contributed by atoms with Gasteiger partial charge in [0.05, 0.1) is 19.9 Å². The molecule has 0 fully saturated rings. The van der Waals surface area contributed by atoms with Gasteiger partial charge in [0.1, 0.15) is 6.54 Å². The Labute approximate surface area is 172 Å². The Morgan fingerprint density at radius 3 is 2.59 bits per heavy atom. The van der Waals surface area contributed by atoms with Crippen LogP contribution in [-0.4, -0.2) is 29.9 Å². The lowest BCUT2D eigenvalue weighted by Crippen LogP contribution is -2.33. The standard InChI is InChI=1S/C21H20ClN3O4/c1-28-18-8-6-15(11-19(18)29-2)17-7-9-21(27)25(24-17)13-20(26)23-12-14-4-3-5-16(22)10-14/h3-11H,12-13H2,1-2H3,(H,23,26). The molecule has 7 nitrogen and oxygen atoms in total. The van der Waals surface area contributed by atoms with Crippen LogP contribution in [0.3, 0.4) is 0 Å². The third-order valence-corrected chi connectivity index (χ3v) is 4.45. The van der Waals surface area contributed by atoms with Gasteiger partial charge in [-0.1, -0.05) is 23.7 Å². The van der Waals surface area contributed by atoms with Gasteiger partial charge >= 0.3 is 0 Å². The zero-order valence-electron chi connectivity index (χ0n) is 16.0. The monoisotopic (exact) mass is 413 g/mol. The second kappa shape index (κ2) is 9.25. The molecule has 3 rings (SSSR count). The molecule has 8 heteroatoms. The van der Waals surface area contributed by atoms with Crippen LogP contribution in [0, 0.1) is 0 Å². The summed E-state index contributed by atoms with van der Waals surface area (Å²) in [6.45, 7) is 0.115. The fraction of sp³-hybridized carbons (Fsp3) is 0.190. The van der Waals surface area contributed by atoms with Crippen LogP contribution in [-0.2, 0) is 17.9 Å². The lowest BCUT2D eigenvalue weighted by molar-refractivity contribution is -0.122. The number of nitrogens with one attached hydrogen (secondary N) is 1. The average molecular weight is 414 g/mol. The van der Waals surface area contributed by atoms with Gasteiger partial charge in [-0.2, -0.15) is 5.10 Å². The Morgan fingerprint density at radius 1 is 1.07 bits per heavy atom. The first-order valence-corrected chi connectivity index (χ1v) is 9.19. The van der Waals surface area contributed by atoms with Crippen molar-refractivity contribution in [3.63, 3.8) is 0 Å². The lowest BCUT2D eigenvalue weighted by atomic mass is 10.1. The Bertz CT molecular complexity index is 1080. The van der Waals surface area contributed by atoms with Crippen LogP contribution in [0.1, 0.15) is 5.56 Å². The topological polar surface area (TPSA) is 82.5 Å². The van der Waals surface area contributed by atoms with Crippen molar-refractivity contribution in [2.24, 2.45) is 0 Å². The fourth-order valence-corrected chi connectivity index (χ4v) is 2.96. The van der Waals surface area contributed by atoms with Gasteiger partial charge in [-0.3, -0.25) is 9.59 Å². The number of carbonyl (C=O) groups excluding carboxylic acids is 1. The number of amides is 1. The number of methoxy groups -OCH3 is 2. The molecular weight excluding hydrogens is 394 g/mol. The van der Waals surface area contributed by atoms with Gasteiger partial charge in [0.2, 0.25) is 5.91 Å². The van der Waals surface area contributed by atoms with Gasteiger partial charge in [0.25, 0.3) is 5.56 Å². The van der Waals surface area contributed by atoms with Gasteiger partial charge in [-0.15, -0.1) is 0 Å². The number of ether oxygens (including phenoxy) is 2. The van der Waals surface area contributed by atoms with Crippen molar-refractivity contribution in [1.29, 1.82) is 0 Å². The normalized spacial score (nSPS) is 10.4. The van der Waals surface area contributed by atoms with Crippen molar-refractivity contribution in [1.82, 2.24) is 15.1 Å². The van der Waals surface area contributed by atoms with Crippen molar-refractivity contribution < 1.29 is 14.3 Å². The minimum absolute atomic E-state index is 0.194. The third-order valence-electron chi connectivity index (χ3n) is 4.22. The van der Waals surface area contributed by atoms with Crippen LogP contribution in [0.2, 0.25) is 5.02 Å². The van der Waals surface area contributed by atoms with Crippen LogP contribution in [0.25, 0.3) is 11.3 Å². The molecular formula is C21H20ClN3O4. The highest BCUT2D eigenvalue weighted by Crippen LogP contribution is 2.31. The van der Waals surface area contributed by atoms with Crippen molar-refractivity contribution in [3.8, 4) is 22.8 Å². The largest absolute Gasteiger partial charge is 0.493 e. The van der Waals surface area contributed by atoms with Crippen LogP contribution < -0.4 is 20.3 Å². The zero-order chi connectivity index (χ0) is 20.8. The summed E-state index contributed by atoms with van der Waals surface area (Å²) in [7, 11) is 3.10. The molecule has 0 saturated carbocycles. The summed E-state index contributed by atoms with van der Waals surface area (Å²) in [5.74, 6) is 0.804. The molecule has 0 spiro atoms. The molecule has 0 bridgehead atoms. The van der Waals surface area contributed by atoms with Crippen LogP contribution in [0.15, 0.2) is 59.4 Å². The molecule has 0 aliphatic carbocycles. The molecule has 0 unspecified atom stereocenters. The molecule has 3 aromatic rings. The summed E-state index contributed by atoms with van der Waals surface area (Å²) in [6, 6.07) is 15.5. The quantitative estimate of drug-likeness (QED) is 0.644. The van der Waals surface area contributed by atoms with Crippen LogP contribution >= 0.6 is 11.6 Å². The van der Waals surface area contributed by atoms with E-state index in [2.05, 4.69) is 10.4 Å². The Kier molecular flexibility index (Phi) is 6.51. The van der Waals surface area contributed by atoms with Crippen molar-refractivity contribution >= 4 is 17.5 Å². The summed E-state index contributed by atoms with van der Waals surface area (Å²) in [5.41, 5.74) is 1.77. The van der Waals surface area contributed by atoms with E-state index in [9.17, 15) is 9.59 Å². The minimum atomic E-state index is -0.368. The highest BCUT2D eigenvalue weighted by molar-refractivity contribution is 6.30. The molecule has 29 heavy (non-hydrogen) atoms.